The van der Waals surface area contributed by atoms with Gasteiger partial charge in [0.15, 0.2) is 0 Å². The molecule has 1 heterocycles. The molecule has 0 aromatic heterocycles. The molecular formula is C15H18N2O4. The van der Waals surface area contributed by atoms with Gasteiger partial charge < -0.3 is 10.0 Å². The third-order valence-corrected chi connectivity index (χ3v) is 3.57. The van der Waals surface area contributed by atoms with Gasteiger partial charge in [-0.15, -0.1) is 0 Å². The smallest absolute Gasteiger partial charge is 0.303 e. The number of aliphatic carboxylic acids is 1. The number of aryl methyl sites for hydroxylation is 1. The van der Waals surface area contributed by atoms with Crippen molar-refractivity contribution >= 4 is 23.5 Å². The highest BCUT2D eigenvalue weighted by Crippen LogP contribution is 2.23. The summed E-state index contributed by atoms with van der Waals surface area (Å²) in [6.07, 6.45) is 1.24. The quantitative estimate of drug-likeness (QED) is 0.815. The van der Waals surface area contributed by atoms with Gasteiger partial charge in [0.25, 0.3) is 0 Å². The molecule has 0 spiro atoms. The molecule has 1 saturated heterocycles. The number of rotatable bonds is 5. The Morgan fingerprint density at radius 3 is 2.43 bits per heavy atom. The number of carboxylic acids is 1. The fourth-order valence-electron chi connectivity index (χ4n) is 2.36. The molecule has 0 atom stereocenters. The van der Waals surface area contributed by atoms with Gasteiger partial charge in [-0.3, -0.25) is 19.3 Å². The summed E-state index contributed by atoms with van der Waals surface area (Å²) in [5.41, 5.74) is 1.79. The van der Waals surface area contributed by atoms with Crippen LogP contribution in [0.4, 0.5) is 5.69 Å². The number of likely N-dealkylation sites (N-methyl/N-ethyl adjacent to an activating group) is 1. The Hall–Kier alpha value is -2.37. The van der Waals surface area contributed by atoms with Crippen LogP contribution in [0.5, 0.6) is 0 Å². The molecule has 1 fully saturated rings. The van der Waals surface area contributed by atoms with Gasteiger partial charge in [0.2, 0.25) is 11.8 Å². The summed E-state index contributed by atoms with van der Waals surface area (Å²) in [6.45, 7) is 0.330. The topological polar surface area (TPSA) is 77.9 Å². The van der Waals surface area contributed by atoms with Gasteiger partial charge in [-0.1, -0.05) is 18.2 Å². The van der Waals surface area contributed by atoms with E-state index in [1.807, 2.05) is 24.3 Å². The van der Waals surface area contributed by atoms with E-state index in [1.165, 1.54) is 7.05 Å². The van der Waals surface area contributed by atoms with Crippen LogP contribution in [0.1, 0.15) is 18.4 Å². The maximum Gasteiger partial charge on any atom is 0.303 e. The average molecular weight is 290 g/mol. The molecule has 112 valence electrons. The molecule has 1 N–H and O–H groups in total. The zero-order valence-electron chi connectivity index (χ0n) is 11.9. The highest BCUT2D eigenvalue weighted by atomic mass is 16.4. The second kappa shape index (κ2) is 6.39. The summed E-state index contributed by atoms with van der Waals surface area (Å²) in [5, 5.41) is 8.70. The molecule has 0 unspecified atom stereocenters. The molecule has 21 heavy (non-hydrogen) atoms. The minimum Gasteiger partial charge on any atom is -0.481 e. The molecule has 2 amide bonds. The van der Waals surface area contributed by atoms with Crippen molar-refractivity contribution in [3.05, 3.63) is 29.8 Å². The Kier molecular flexibility index (Phi) is 4.57. The summed E-state index contributed by atoms with van der Waals surface area (Å²) < 4.78 is 0. The van der Waals surface area contributed by atoms with E-state index < -0.39 is 5.97 Å². The first kappa shape index (κ1) is 15.0. The standard InChI is InChI=1S/C15H18N2O4/c1-16-13(18)9-17(10-14(16)19)12-7-3-2-5-11(12)6-4-8-15(20)21/h2-3,5,7H,4,6,8-10H2,1H3,(H,20,21). The maximum absolute atomic E-state index is 11.8. The molecule has 1 aromatic rings. The van der Waals surface area contributed by atoms with Crippen LogP contribution in [0, 0.1) is 0 Å². The van der Waals surface area contributed by atoms with Crippen LogP contribution in [0.25, 0.3) is 0 Å². The third-order valence-electron chi connectivity index (χ3n) is 3.57. The SMILES string of the molecule is CN1C(=O)CN(c2ccccc2CCCC(=O)O)CC1=O. The zero-order chi connectivity index (χ0) is 15.4. The fraction of sp³-hybridized carbons (Fsp3) is 0.400. The largest absolute Gasteiger partial charge is 0.481 e. The van der Waals surface area contributed by atoms with Gasteiger partial charge in [-0.05, 0) is 24.5 Å². The summed E-state index contributed by atoms with van der Waals surface area (Å²) in [6, 6.07) is 7.50. The molecule has 0 radical (unpaired) electrons. The number of carbonyl (C=O) groups excluding carboxylic acids is 2. The molecule has 0 aliphatic carbocycles. The van der Waals surface area contributed by atoms with E-state index in [-0.39, 0.29) is 31.3 Å². The van der Waals surface area contributed by atoms with E-state index in [4.69, 9.17) is 5.11 Å². The number of carbonyl (C=O) groups is 3. The monoisotopic (exact) mass is 290 g/mol. The highest BCUT2D eigenvalue weighted by Gasteiger charge is 2.28. The highest BCUT2D eigenvalue weighted by molar-refractivity contribution is 6.02. The number of carboxylic acid groups (broad SMARTS) is 1. The van der Waals surface area contributed by atoms with Crippen molar-refractivity contribution in [1.82, 2.24) is 4.90 Å². The van der Waals surface area contributed by atoms with Crippen LogP contribution < -0.4 is 4.90 Å². The van der Waals surface area contributed by atoms with Crippen LogP contribution >= 0.6 is 0 Å². The van der Waals surface area contributed by atoms with Crippen LogP contribution in [0.3, 0.4) is 0 Å². The van der Waals surface area contributed by atoms with Crippen molar-refractivity contribution in [2.75, 3.05) is 25.0 Å². The number of nitrogens with zero attached hydrogens (tertiary/aromatic N) is 2. The predicted molar refractivity (Wildman–Crippen MR) is 77.0 cm³/mol. The third kappa shape index (κ3) is 3.59. The minimum absolute atomic E-state index is 0.106. The zero-order valence-corrected chi connectivity index (χ0v) is 11.9. The summed E-state index contributed by atoms with van der Waals surface area (Å²) in [4.78, 5) is 37.1. The number of benzene rings is 1. The van der Waals surface area contributed by atoms with Crippen LogP contribution in [-0.2, 0) is 20.8 Å². The summed E-state index contributed by atoms with van der Waals surface area (Å²) >= 11 is 0. The number of amides is 2. The van der Waals surface area contributed by atoms with Crippen molar-refractivity contribution in [2.24, 2.45) is 0 Å². The van der Waals surface area contributed by atoms with Gasteiger partial charge >= 0.3 is 5.97 Å². The average Bonchev–Trinajstić information content (AvgIpc) is 2.44. The first-order valence-electron chi connectivity index (χ1n) is 6.83. The van der Waals surface area contributed by atoms with Crippen molar-refractivity contribution in [1.29, 1.82) is 0 Å². The fourth-order valence-corrected chi connectivity index (χ4v) is 2.36. The molecule has 0 bridgehead atoms. The Labute approximate surface area is 123 Å². The van der Waals surface area contributed by atoms with Gasteiger partial charge in [-0.25, -0.2) is 0 Å². The van der Waals surface area contributed by atoms with E-state index in [2.05, 4.69) is 0 Å². The van der Waals surface area contributed by atoms with Crippen LogP contribution in [0.2, 0.25) is 0 Å². The lowest BCUT2D eigenvalue weighted by Gasteiger charge is -2.33. The second-order valence-electron chi connectivity index (χ2n) is 5.08. The molecule has 1 aromatic carbocycles. The Bertz CT molecular complexity index is 553. The van der Waals surface area contributed by atoms with Crippen molar-refractivity contribution in [3.8, 4) is 0 Å². The van der Waals surface area contributed by atoms with Crippen LogP contribution in [-0.4, -0.2) is 47.9 Å². The van der Waals surface area contributed by atoms with E-state index in [0.29, 0.717) is 12.8 Å². The van der Waals surface area contributed by atoms with E-state index in [9.17, 15) is 14.4 Å². The summed E-state index contributed by atoms with van der Waals surface area (Å²) in [7, 11) is 1.49. The number of para-hydroxylation sites is 1. The van der Waals surface area contributed by atoms with E-state index in [1.54, 1.807) is 4.90 Å². The predicted octanol–water partition coefficient (Wildman–Crippen LogP) is 0.899. The first-order valence-corrected chi connectivity index (χ1v) is 6.83. The Morgan fingerprint density at radius 1 is 1.19 bits per heavy atom. The maximum atomic E-state index is 11.8. The molecule has 2 rings (SSSR count). The molecule has 0 saturated carbocycles. The second-order valence-corrected chi connectivity index (χ2v) is 5.08. The lowest BCUT2D eigenvalue weighted by molar-refractivity contribution is -0.143. The normalized spacial score (nSPS) is 15.5. The lowest BCUT2D eigenvalue weighted by Crippen LogP contribution is -2.52. The number of imide groups is 1. The van der Waals surface area contributed by atoms with Crippen LogP contribution in [0.15, 0.2) is 24.3 Å². The van der Waals surface area contributed by atoms with Gasteiger partial charge in [0, 0.05) is 19.2 Å². The lowest BCUT2D eigenvalue weighted by atomic mass is 10.0. The molecule has 6 nitrogen and oxygen atoms in total. The number of hydrogen-bond donors (Lipinski definition) is 1. The van der Waals surface area contributed by atoms with Gasteiger partial charge in [0.05, 0.1) is 13.1 Å². The Morgan fingerprint density at radius 2 is 1.81 bits per heavy atom. The Balaban J connectivity index is 2.14. The van der Waals surface area contributed by atoms with Crippen molar-refractivity contribution < 1.29 is 19.5 Å². The minimum atomic E-state index is -0.822. The number of piperazine rings is 1. The van der Waals surface area contributed by atoms with Gasteiger partial charge in [-0.2, -0.15) is 0 Å². The van der Waals surface area contributed by atoms with Crippen molar-refractivity contribution in [2.45, 2.75) is 19.3 Å². The molecule has 1 aliphatic heterocycles. The molecule has 6 heteroatoms. The van der Waals surface area contributed by atoms with Crippen molar-refractivity contribution in [3.63, 3.8) is 0 Å². The molecule has 1 aliphatic rings. The van der Waals surface area contributed by atoms with Gasteiger partial charge in [0.1, 0.15) is 0 Å². The number of hydrogen-bond acceptors (Lipinski definition) is 4. The van der Waals surface area contributed by atoms with E-state index >= 15 is 0 Å². The summed E-state index contributed by atoms with van der Waals surface area (Å²) in [5.74, 6) is -1.28. The van der Waals surface area contributed by atoms with E-state index in [0.717, 1.165) is 16.2 Å². The molecular weight excluding hydrogens is 272 g/mol. The number of anilines is 1. The first-order chi connectivity index (χ1) is 9.99.